The lowest BCUT2D eigenvalue weighted by atomic mass is 10.2. The summed E-state index contributed by atoms with van der Waals surface area (Å²) < 4.78 is 0. The van der Waals surface area contributed by atoms with Crippen LogP contribution in [0.15, 0.2) is 30.5 Å². The van der Waals surface area contributed by atoms with E-state index < -0.39 is 0 Å². The van der Waals surface area contributed by atoms with Crippen molar-refractivity contribution in [2.75, 3.05) is 36.0 Å². The fraction of sp³-hybridized carbons (Fsp3) is 0.286. The summed E-state index contributed by atoms with van der Waals surface area (Å²) in [5.74, 6) is 1.57. The van der Waals surface area contributed by atoms with Gasteiger partial charge >= 0.3 is 0 Å². The van der Waals surface area contributed by atoms with Gasteiger partial charge in [-0.1, -0.05) is 11.6 Å². The minimum atomic E-state index is 0.393. The SMILES string of the molecule is N#Cc1cccnc1N1CCN(c2ccc(Cl)nn2)CC1. The summed E-state index contributed by atoms with van der Waals surface area (Å²) in [7, 11) is 0. The molecule has 6 nitrogen and oxygen atoms in total. The van der Waals surface area contributed by atoms with Crippen LogP contribution < -0.4 is 9.80 Å². The van der Waals surface area contributed by atoms with Gasteiger partial charge in [-0.25, -0.2) is 4.98 Å². The highest BCUT2D eigenvalue weighted by Gasteiger charge is 2.21. The van der Waals surface area contributed by atoms with Gasteiger partial charge < -0.3 is 9.80 Å². The normalized spacial score (nSPS) is 14.9. The van der Waals surface area contributed by atoms with Crippen molar-refractivity contribution in [3.8, 4) is 6.07 Å². The molecule has 1 aliphatic rings. The largest absolute Gasteiger partial charge is 0.352 e. The third-order valence-corrected chi connectivity index (χ3v) is 3.63. The highest BCUT2D eigenvalue weighted by Crippen LogP contribution is 2.20. The van der Waals surface area contributed by atoms with Crippen molar-refractivity contribution in [3.05, 3.63) is 41.2 Å². The van der Waals surface area contributed by atoms with E-state index in [-0.39, 0.29) is 0 Å². The summed E-state index contributed by atoms with van der Waals surface area (Å²) in [5.41, 5.74) is 0.609. The Morgan fingerprint density at radius 1 is 1.05 bits per heavy atom. The number of piperazine rings is 1. The lowest BCUT2D eigenvalue weighted by Crippen LogP contribution is -2.47. The number of hydrogen-bond acceptors (Lipinski definition) is 6. The first-order valence-electron chi connectivity index (χ1n) is 6.62. The van der Waals surface area contributed by atoms with E-state index in [1.54, 1.807) is 24.4 Å². The number of halogens is 1. The Morgan fingerprint density at radius 3 is 2.48 bits per heavy atom. The van der Waals surface area contributed by atoms with Gasteiger partial charge in [-0.15, -0.1) is 10.2 Å². The van der Waals surface area contributed by atoms with Crippen molar-refractivity contribution >= 4 is 23.2 Å². The highest BCUT2D eigenvalue weighted by atomic mass is 35.5. The van der Waals surface area contributed by atoms with Crippen LogP contribution in [0.3, 0.4) is 0 Å². The molecule has 0 aromatic carbocycles. The molecule has 3 heterocycles. The predicted molar refractivity (Wildman–Crippen MR) is 80.4 cm³/mol. The highest BCUT2D eigenvalue weighted by molar-refractivity contribution is 6.29. The van der Waals surface area contributed by atoms with Gasteiger partial charge in [0.15, 0.2) is 11.0 Å². The number of anilines is 2. The second-order valence-corrected chi connectivity index (χ2v) is 5.06. The van der Waals surface area contributed by atoms with Gasteiger partial charge in [0.25, 0.3) is 0 Å². The molecule has 0 atom stereocenters. The fourth-order valence-corrected chi connectivity index (χ4v) is 2.46. The number of hydrogen-bond donors (Lipinski definition) is 0. The maximum Gasteiger partial charge on any atom is 0.151 e. The maximum absolute atomic E-state index is 9.15. The quantitative estimate of drug-likeness (QED) is 0.841. The Bertz CT molecular complexity index is 658. The van der Waals surface area contributed by atoms with Gasteiger partial charge in [0.2, 0.25) is 0 Å². The van der Waals surface area contributed by atoms with Crippen LogP contribution in [0, 0.1) is 11.3 Å². The molecule has 0 unspecified atom stereocenters. The molecular weight excluding hydrogens is 288 g/mol. The zero-order valence-electron chi connectivity index (χ0n) is 11.3. The molecule has 0 N–H and O–H groups in total. The van der Waals surface area contributed by atoms with Crippen molar-refractivity contribution in [1.82, 2.24) is 15.2 Å². The van der Waals surface area contributed by atoms with E-state index in [0.717, 1.165) is 37.8 Å². The molecule has 3 rings (SSSR count). The molecular formula is C14H13ClN6. The number of nitrogens with zero attached hydrogens (tertiary/aromatic N) is 6. The van der Waals surface area contributed by atoms with E-state index >= 15 is 0 Å². The molecule has 0 radical (unpaired) electrons. The molecule has 0 spiro atoms. The van der Waals surface area contributed by atoms with Crippen LogP contribution >= 0.6 is 11.6 Å². The molecule has 0 amide bonds. The average Bonchev–Trinajstić information content (AvgIpc) is 2.56. The van der Waals surface area contributed by atoms with E-state index in [1.807, 2.05) is 6.07 Å². The van der Waals surface area contributed by atoms with Crippen LogP contribution in [0.1, 0.15) is 5.56 Å². The zero-order valence-corrected chi connectivity index (χ0v) is 12.0. The van der Waals surface area contributed by atoms with Gasteiger partial charge in [-0.2, -0.15) is 5.26 Å². The maximum atomic E-state index is 9.15. The van der Waals surface area contributed by atoms with Gasteiger partial charge in [0, 0.05) is 32.4 Å². The predicted octanol–water partition coefficient (Wildman–Crippen LogP) is 1.72. The molecule has 2 aromatic heterocycles. The Balaban J connectivity index is 1.70. The van der Waals surface area contributed by atoms with Gasteiger partial charge in [-0.05, 0) is 24.3 Å². The summed E-state index contributed by atoms with van der Waals surface area (Å²) in [6.45, 7) is 3.18. The third kappa shape index (κ3) is 2.88. The lowest BCUT2D eigenvalue weighted by molar-refractivity contribution is 0.637. The molecule has 106 valence electrons. The van der Waals surface area contributed by atoms with E-state index in [0.29, 0.717) is 10.7 Å². The minimum absolute atomic E-state index is 0.393. The summed E-state index contributed by atoms with van der Waals surface area (Å²) in [6, 6.07) is 9.36. The van der Waals surface area contributed by atoms with Crippen molar-refractivity contribution < 1.29 is 0 Å². The smallest absolute Gasteiger partial charge is 0.151 e. The van der Waals surface area contributed by atoms with Crippen LogP contribution in [0.25, 0.3) is 0 Å². The fourth-order valence-electron chi connectivity index (χ4n) is 2.36. The second kappa shape index (κ2) is 5.94. The van der Waals surface area contributed by atoms with Gasteiger partial charge in [0.1, 0.15) is 11.9 Å². The summed E-state index contributed by atoms with van der Waals surface area (Å²) >= 11 is 5.75. The lowest BCUT2D eigenvalue weighted by Gasteiger charge is -2.36. The Labute approximate surface area is 127 Å². The number of pyridine rings is 1. The standard InChI is InChI=1S/C14H13ClN6/c15-12-3-4-13(19-18-12)20-6-8-21(9-7-20)14-11(10-16)2-1-5-17-14/h1-5H,6-9H2. The van der Waals surface area contributed by atoms with E-state index in [1.165, 1.54) is 0 Å². The second-order valence-electron chi connectivity index (χ2n) is 4.67. The molecule has 2 aromatic rings. The average molecular weight is 301 g/mol. The molecule has 0 aliphatic carbocycles. The number of nitriles is 1. The summed E-state index contributed by atoms with van der Waals surface area (Å²) in [4.78, 5) is 8.59. The molecule has 0 saturated carbocycles. The number of rotatable bonds is 2. The molecule has 0 bridgehead atoms. The first-order valence-corrected chi connectivity index (χ1v) is 7.00. The Morgan fingerprint density at radius 2 is 1.81 bits per heavy atom. The molecule has 1 aliphatic heterocycles. The topological polar surface area (TPSA) is 68.9 Å². The van der Waals surface area contributed by atoms with Crippen LogP contribution in [0.2, 0.25) is 5.15 Å². The van der Waals surface area contributed by atoms with E-state index in [9.17, 15) is 0 Å². The molecule has 21 heavy (non-hydrogen) atoms. The van der Waals surface area contributed by atoms with Gasteiger partial charge in [0.05, 0.1) is 5.56 Å². The van der Waals surface area contributed by atoms with E-state index in [4.69, 9.17) is 16.9 Å². The number of aromatic nitrogens is 3. The van der Waals surface area contributed by atoms with Gasteiger partial charge in [-0.3, -0.25) is 0 Å². The zero-order chi connectivity index (χ0) is 14.7. The van der Waals surface area contributed by atoms with Crippen LogP contribution in [0.4, 0.5) is 11.6 Å². The third-order valence-electron chi connectivity index (χ3n) is 3.43. The molecule has 7 heteroatoms. The van der Waals surface area contributed by atoms with Crippen molar-refractivity contribution in [1.29, 1.82) is 5.26 Å². The monoisotopic (exact) mass is 300 g/mol. The first kappa shape index (κ1) is 13.6. The van der Waals surface area contributed by atoms with Crippen LogP contribution in [0.5, 0.6) is 0 Å². The van der Waals surface area contributed by atoms with Crippen LogP contribution in [-0.2, 0) is 0 Å². The summed E-state index contributed by atoms with van der Waals surface area (Å²) in [6.07, 6.45) is 1.72. The molecule has 1 fully saturated rings. The minimum Gasteiger partial charge on any atom is -0.352 e. The van der Waals surface area contributed by atoms with Crippen molar-refractivity contribution in [3.63, 3.8) is 0 Å². The van der Waals surface area contributed by atoms with E-state index in [2.05, 4.69) is 31.1 Å². The van der Waals surface area contributed by atoms with Crippen molar-refractivity contribution in [2.24, 2.45) is 0 Å². The van der Waals surface area contributed by atoms with Crippen molar-refractivity contribution in [2.45, 2.75) is 0 Å². The first-order chi connectivity index (χ1) is 10.3. The van der Waals surface area contributed by atoms with Crippen LogP contribution in [-0.4, -0.2) is 41.4 Å². The molecule has 1 saturated heterocycles. The summed E-state index contributed by atoms with van der Waals surface area (Å²) in [5, 5.41) is 17.5. The Kier molecular flexibility index (Phi) is 3.84. The Hall–Kier alpha value is -2.39.